The second-order valence-electron chi connectivity index (χ2n) is 5.90. The van der Waals surface area contributed by atoms with Crippen LogP contribution in [0.2, 0.25) is 0 Å². The molecule has 0 fully saturated rings. The summed E-state index contributed by atoms with van der Waals surface area (Å²) in [4.78, 5) is 0. The smallest absolute Gasteiger partial charge is 0.00772 e. The average Bonchev–Trinajstić information content (AvgIpc) is 2.48. The van der Waals surface area contributed by atoms with Crippen LogP contribution in [0, 0.1) is 0 Å². The molecule has 3 heteroatoms. The lowest BCUT2D eigenvalue weighted by Crippen LogP contribution is -2.02. The van der Waals surface area contributed by atoms with Crippen LogP contribution >= 0.6 is 0 Å². The summed E-state index contributed by atoms with van der Waals surface area (Å²) in [6.45, 7) is 2.37. The Labute approximate surface area is 130 Å². The molecule has 0 aliphatic rings. The van der Waals surface area contributed by atoms with E-state index in [1.165, 1.54) is 36.0 Å². The van der Waals surface area contributed by atoms with Crippen molar-refractivity contribution < 1.29 is 0 Å². The van der Waals surface area contributed by atoms with Crippen LogP contribution in [0.4, 0.5) is 0 Å². The molecule has 0 amide bonds. The first-order valence-corrected chi connectivity index (χ1v) is 8.52. The maximum absolute atomic E-state index is 5.59. The number of hydrogen-bond donors (Lipinski definition) is 3. The molecule has 0 aliphatic carbocycles. The third-order valence-corrected chi connectivity index (χ3v) is 3.87. The summed E-state index contributed by atoms with van der Waals surface area (Å²) in [7, 11) is 0. The van der Waals surface area contributed by atoms with Gasteiger partial charge in [-0.25, -0.2) is 0 Å². The summed E-state index contributed by atoms with van der Waals surface area (Å²) < 4.78 is 0. The molecule has 0 unspecified atom stereocenters. The van der Waals surface area contributed by atoms with Gasteiger partial charge in [-0.05, 0) is 94.1 Å². The van der Waals surface area contributed by atoms with Crippen molar-refractivity contribution in [3.05, 3.63) is 34.9 Å². The van der Waals surface area contributed by atoms with Gasteiger partial charge in [0.05, 0.1) is 0 Å². The molecule has 21 heavy (non-hydrogen) atoms. The van der Waals surface area contributed by atoms with Gasteiger partial charge in [-0.1, -0.05) is 18.2 Å². The van der Waals surface area contributed by atoms with Crippen LogP contribution in [0.15, 0.2) is 18.2 Å². The van der Waals surface area contributed by atoms with Crippen molar-refractivity contribution in [2.24, 2.45) is 17.2 Å². The summed E-state index contributed by atoms with van der Waals surface area (Å²) in [6.07, 6.45) is 10.3. The minimum atomic E-state index is 0.791. The van der Waals surface area contributed by atoms with Gasteiger partial charge in [-0.15, -0.1) is 0 Å². The first-order valence-electron chi connectivity index (χ1n) is 8.52. The highest BCUT2D eigenvalue weighted by Gasteiger charge is 2.02. The summed E-state index contributed by atoms with van der Waals surface area (Å²) >= 11 is 0. The molecule has 120 valence electrons. The largest absolute Gasteiger partial charge is 0.330 e. The van der Waals surface area contributed by atoms with Crippen molar-refractivity contribution in [3.63, 3.8) is 0 Å². The van der Waals surface area contributed by atoms with Gasteiger partial charge in [0, 0.05) is 0 Å². The summed E-state index contributed by atoms with van der Waals surface area (Å²) in [6, 6.07) is 7.12. The molecule has 0 bridgehead atoms. The highest BCUT2D eigenvalue weighted by molar-refractivity contribution is 5.30. The van der Waals surface area contributed by atoms with E-state index in [0.717, 1.165) is 58.2 Å². The number of aryl methyl sites for hydroxylation is 3. The van der Waals surface area contributed by atoms with Crippen molar-refractivity contribution in [2.45, 2.75) is 57.8 Å². The molecule has 0 aromatic heterocycles. The molecule has 1 aromatic rings. The Morgan fingerprint density at radius 2 is 0.762 bits per heavy atom. The molecule has 0 saturated carbocycles. The molecular weight excluding hydrogens is 258 g/mol. The number of nitrogens with two attached hydrogens (primary N) is 3. The normalized spacial score (nSPS) is 11.0. The van der Waals surface area contributed by atoms with E-state index in [1.807, 2.05) is 0 Å². The van der Waals surface area contributed by atoms with E-state index in [2.05, 4.69) is 18.2 Å². The minimum absolute atomic E-state index is 0.791. The second kappa shape index (κ2) is 11.7. The number of unbranched alkanes of at least 4 members (excludes halogenated alkanes) is 3. The number of rotatable bonds is 12. The fourth-order valence-electron chi connectivity index (χ4n) is 2.69. The predicted molar refractivity (Wildman–Crippen MR) is 92.4 cm³/mol. The maximum atomic E-state index is 5.59. The van der Waals surface area contributed by atoms with E-state index < -0.39 is 0 Å². The highest BCUT2D eigenvalue weighted by Crippen LogP contribution is 2.17. The van der Waals surface area contributed by atoms with E-state index >= 15 is 0 Å². The first kappa shape index (κ1) is 18.1. The van der Waals surface area contributed by atoms with Crippen LogP contribution in [-0.4, -0.2) is 19.6 Å². The fourth-order valence-corrected chi connectivity index (χ4v) is 2.69. The Morgan fingerprint density at radius 1 is 0.476 bits per heavy atom. The van der Waals surface area contributed by atoms with Crippen LogP contribution in [0.1, 0.15) is 55.2 Å². The fraction of sp³-hybridized carbons (Fsp3) is 0.667. The SMILES string of the molecule is NCCCCc1cc(CCCCN)cc(CCCCN)c1. The Kier molecular flexibility index (Phi) is 10.1. The van der Waals surface area contributed by atoms with E-state index in [0.29, 0.717) is 0 Å². The van der Waals surface area contributed by atoms with E-state index in [1.54, 1.807) is 0 Å². The highest BCUT2D eigenvalue weighted by atomic mass is 14.5. The second-order valence-corrected chi connectivity index (χ2v) is 5.90. The molecule has 0 spiro atoms. The van der Waals surface area contributed by atoms with Gasteiger partial charge in [-0.2, -0.15) is 0 Å². The van der Waals surface area contributed by atoms with Crippen LogP contribution in [0.5, 0.6) is 0 Å². The van der Waals surface area contributed by atoms with E-state index in [-0.39, 0.29) is 0 Å². The Bertz CT molecular complexity index is 307. The Balaban J connectivity index is 2.65. The lowest BCUT2D eigenvalue weighted by molar-refractivity contribution is 0.724. The predicted octanol–water partition coefficient (Wildman–Crippen LogP) is 2.53. The topological polar surface area (TPSA) is 78.1 Å². The van der Waals surface area contributed by atoms with Gasteiger partial charge in [-0.3, -0.25) is 0 Å². The van der Waals surface area contributed by atoms with Crippen molar-refractivity contribution in [1.82, 2.24) is 0 Å². The number of benzene rings is 1. The molecule has 0 atom stereocenters. The average molecular weight is 291 g/mol. The summed E-state index contributed by atoms with van der Waals surface area (Å²) in [5, 5.41) is 0. The zero-order valence-electron chi connectivity index (χ0n) is 13.4. The van der Waals surface area contributed by atoms with Crippen LogP contribution < -0.4 is 17.2 Å². The molecular formula is C18H33N3. The molecule has 3 nitrogen and oxygen atoms in total. The zero-order chi connectivity index (χ0) is 15.3. The third-order valence-electron chi connectivity index (χ3n) is 3.87. The monoisotopic (exact) mass is 291 g/mol. The van der Waals surface area contributed by atoms with Crippen LogP contribution in [0.25, 0.3) is 0 Å². The van der Waals surface area contributed by atoms with E-state index in [9.17, 15) is 0 Å². The lowest BCUT2D eigenvalue weighted by atomic mass is 9.96. The molecule has 1 aromatic carbocycles. The summed E-state index contributed by atoms with van der Waals surface area (Å²) in [5.41, 5.74) is 21.2. The van der Waals surface area contributed by atoms with Crippen molar-refractivity contribution in [2.75, 3.05) is 19.6 Å². The van der Waals surface area contributed by atoms with Crippen molar-refractivity contribution in [1.29, 1.82) is 0 Å². The number of hydrogen-bond acceptors (Lipinski definition) is 3. The zero-order valence-corrected chi connectivity index (χ0v) is 13.4. The van der Waals surface area contributed by atoms with Gasteiger partial charge < -0.3 is 17.2 Å². The summed E-state index contributed by atoms with van der Waals surface area (Å²) in [5.74, 6) is 0. The minimum Gasteiger partial charge on any atom is -0.330 e. The third kappa shape index (κ3) is 8.20. The lowest BCUT2D eigenvalue weighted by Gasteiger charge is -2.10. The van der Waals surface area contributed by atoms with Crippen molar-refractivity contribution >= 4 is 0 Å². The molecule has 1 rings (SSSR count). The first-order chi connectivity index (χ1) is 10.3. The van der Waals surface area contributed by atoms with Gasteiger partial charge in [0.15, 0.2) is 0 Å². The van der Waals surface area contributed by atoms with Gasteiger partial charge in [0.2, 0.25) is 0 Å². The van der Waals surface area contributed by atoms with E-state index in [4.69, 9.17) is 17.2 Å². The van der Waals surface area contributed by atoms with Gasteiger partial charge in [0.25, 0.3) is 0 Å². The standard InChI is InChI=1S/C18H33N3/c19-10-4-1-7-16-13-17(8-2-5-11-20)15-18(14-16)9-3-6-12-21/h13-15H,1-12,19-21H2. The maximum Gasteiger partial charge on any atom is -0.00772 e. The molecule has 0 saturated heterocycles. The quantitative estimate of drug-likeness (QED) is 0.518. The Hall–Kier alpha value is -0.900. The molecule has 0 heterocycles. The molecule has 6 N–H and O–H groups in total. The molecule has 0 radical (unpaired) electrons. The Morgan fingerprint density at radius 3 is 1.00 bits per heavy atom. The van der Waals surface area contributed by atoms with Crippen LogP contribution in [0.3, 0.4) is 0 Å². The van der Waals surface area contributed by atoms with Crippen LogP contribution in [-0.2, 0) is 19.3 Å². The molecule has 0 aliphatic heterocycles. The van der Waals surface area contributed by atoms with Crippen molar-refractivity contribution in [3.8, 4) is 0 Å². The van der Waals surface area contributed by atoms with Gasteiger partial charge in [0.1, 0.15) is 0 Å². The van der Waals surface area contributed by atoms with Gasteiger partial charge >= 0.3 is 0 Å².